The molecule has 1 aliphatic rings. The number of ether oxygens (including phenoxy) is 2. The monoisotopic (exact) mass is 482 g/mol. The Labute approximate surface area is 197 Å². The van der Waals surface area contributed by atoms with Crippen molar-refractivity contribution in [3.8, 4) is 5.75 Å². The first-order valence-corrected chi connectivity index (χ1v) is 11.7. The molecular weight excluding hydrogens is 451 g/mol. The van der Waals surface area contributed by atoms with Crippen molar-refractivity contribution in [2.24, 2.45) is 5.92 Å². The SMILES string of the molecule is C/C=C/CC[C@H]1CC[C@H](c2ccc(C(F)(F)OCCc3ccc(OC(F)(F)F)cc3)cc2)CC1. The Morgan fingerprint density at radius 3 is 2.12 bits per heavy atom. The summed E-state index contributed by atoms with van der Waals surface area (Å²) in [6.07, 6.45) is 3.06. The number of rotatable bonds is 10. The number of hydrogen-bond donors (Lipinski definition) is 0. The summed E-state index contributed by atoms with van der Waals surface area (Å²) in [5, 5.41) is 0. The quantitative estimate of drug-likeness (QED) is 0.250. The maximum atomic E-state index is 14.5. The van der Waals surface area contributed by atoms with Crippen LogP contribution < -0.4 is 4.74 Å². The van der Waals surface area contributed by atoms with Crippen LogP contribution in [0.3, 0.4) is 0 Å². The van der Waals surface area contributed by atoms with Gasteiger partial charge in [-0.25, -0.2) is 0 Å². The normalized spacial score (nSPS) is 19.5. The van der Waals surface area contributed by atoms with Gasteiger partial charge < -0.3 is 9.47 Å². The molecule has 0 unspecified atom stereocenters. The average molecular weight is 483 g/mol. The zero-order valence-corrected chi connectivity index (χ0v) is 19.3. The van der Waals surface area contributed by atoms with Gasteiger partial charge in [-0.2, -0.15) is 8.78 Å². The van der Waals surface area contributed by atoms with Crippen molar-refractivity contribution in [3.63, 3.8) is 0 Å². The molecule has 7 heteroatoms. The van der Waals surface area contributed by atoms with Gasteiger partial charge in [-0.15, -0.1) is 13.2 Å². The summed E-state index contributed by atoms with van der Waals surface area (Å²) in [5.41, 5.74) is 1.46. The van der Waals surface area contributed by atoms with Crippen LogP contribution in [0.5, 0.6) is 5.75 Å². The van der Waals surface area contributed by atoms with Crippen molar-refractivity contribution >= 4 is 0 Å². The number of hydrogen-bond acceptors (Lipinski definition) is 2. The van der Waals surface area contributed by atoms with Crippen LogP contribution in [0, 0.1) is 5.92 Å². The molecule has 0 N–H and O–H groups in total. The van der Waals surface area contributed by atoms with Crippen LogP contribution in [0.25, 0.3) is 0 Å². The van der Waals surface area contributed by atoms with Crippen molar-refractivity contribution in [2.45, 2.75) is 70.3 Å². The van der Waals surface area contributed by atoms with E-state index in [1.165, 1.54) is 43.5 Å². The lowest BCUT2D eigenvalue weighted by Gasteiger charge is -2.29. The molecule has 34 heavy (non-hydrogen) atoms. The maximum Gasteiger partial charge on any atom is 0.573 e. The summed E-state index contributed by atoms with van der Waals surface area (Å²) in [6.45, 7) is 1.76. The smallest absolute Gasteiger partial charge is 0.406 e. The van der Waals surface area contributed by atoms with Crippen molar-refractivity contribution in [2.75, 3.05) is 6.61 Å². The fourth-order valence-electron chi connectivity index (χ4n) is 4.47. The van der Waals surface area contributed by atoms with Gasteiger partial charge in [0.15, 0.2) is 0 Å². The highest BCUT2D eigenvalue weighted by atomic mass is 19.4. The first-order valence-electron chi connectivity index (χ1n) is 11.7. The largest absolute Gasteiger partial charge is 0.573 e. The molecule has 0 aromatic heterocycles. The van der Waals surface area contributed by atoms with Crippen molar-refractivity contribution < 1.29 is 31.4 Å². The number of allylic oxidation sites excluding steroid dienone is 2. The molecule has 0 spiro atoms. The van der Waals surface area contributed by atoms with Gasteiger partial charge in [-0.1, -0.05) is 48.6 Å². The molecule has 1 fully saturated rings. The van der Waals surface area contributed by atoms with E-state index in [4.69, 9.17) is 4.74 Å². The molecular formula is C27H31F5O2. The summed E-state index contributed by atoms with van der Waals surface area (Å²) >= 11 is 0. The van der Waals surface area contributed by atoms with Crippen LogP contribution in [0.2, 0.25) is 0 Å². The average Bonchev–Trinajstić information content (AvgIpc) is 2.80. The first-order chi connectivity index (χ1) is 16.2. The third kappa shape index (κ3) is 8.12. The van der Waals surface area contributed by atoms with Crippen LogP contribution in [-0.2, 0) is 17.3 Å². The number of alkyl halides is 5. The van der Waals surface area contributed by atoms with Crippen molar-refractivity contribution in [3.05, 3.63) is 77.4 Å². The molecule has 1 aliphatic carbocycles. The molecule has 0 atom stereocenters. The molecule has 186 valence electrons. The van der Waals surface area contributed by atoms with E-state index >= 15 is 0 Å². The Hall–Kier alpha value is -2.41. The van der Waals surface area contributed by atoms with E-state index in [0.717, 1.165) is 42.9 Å². The van der Waals surface area contributed by atoms with Gasteiger partial charge in [0, 0.05) is 0 Å². The lowest BCUT2D eigenvalue weighted by Crippen LogP contribution is -2.20. The molecule has 2 aromatic rings. The van der Waals surface area contributed by atoms with E-state index in [9.17, 15) is 22.0 Å². The highest BCUT2D eigenvalue weighted by Crippen LogP contribution is 2.38. The zero-order chi connectivity index (χ0) is 24.6. The Kier molecular flexibility index (Phi) is 9.11. The summed E-state index contributed by atoms with van der Waals surface area (Å²) < 4.78 is 74.3. The van der Waals surface area contributed by atoms with E-state index in [1.54, 1.807) is 12.1 Å². The molecule has 0 heterocycles. The molecule has 3 rings (SSSR count). The van der Waals surface area contributed by atoms with Gasteiger partial charge in [0.05, 0.1) is 12.2 Å². The van der Waals surface area contributed by atoms with Crippen LogP contribution >= 0.6 is 0 Å². The summed E-state index contributed by atoms with van der Waals surface area (Å²) in [4.78, 5) is 0. The predicted octanol–water partition coefficient (Wildman–Crippen LogP) is 8.52. The van der Waals surface area contributed by atoms with Gasteiger partial charge in [0.2, 0.25) is 0 Å². The predicted molar refractivity (Wildman–Crippen MR) is 122 cm³/mol. The Morgan fingerprint density at radius 2 is 1.53 bits per heavy atom. The van der Waals surface area contributed by atoms with E-state index in [-0.39, 0.29) is 24.3 Å². The lowest BCUT2D eigenvalue weighted by molar-refractivity contribution is -0.274. The second-order valence-corrected chi connectivity index (χ2v) is 8.79. The molecule has 2 nitrogen and oxygen atoms in total. The topological polar surface area (TPSA) is 18.5 Å². The zero-order valence-electron chi connectivity index (χ0n) is 19.3. The molecule has 0 saturated heterocycles. The summed E-state index contributed by atoms with van der Waals surface area (Å²) in [5.74, 6) is 0.799. The van der Waals surface area contributed by atoms with Crippen LogP contribution in [0.1, 0.15) is 68.1 Å². The molecule has 0 radical (unpaired) electrons. The Balaban J connectivity index is 1.46. The standard InChI is InChI=1S/C27H31F5O2/c1-2-3-4-5-20-6-10-22(11-7-20)23-12-14-24(15-13-23)26(28,29)33-19-18-21-8-16-25(17-9-21)34-27(30,31)32/h2-3,8-9,12-17,20,22H,4-7,10-11,18-19H2,1H3/b3-2+/t20-,22-. The summed E-state index contributed by atoms with van der Waals surface area (Å²) in [7, 11) is 0. The minimum absolute atomic E-state index is 0.136. The van der Waals surface area contributed by atoms with Crippen molar-refractivity contribution in [1.29, 1.82) is 0 Å². The van der Waals surface area contributed by atoms with E-state index in [1.807, 2.05) is 6.92 Å². The molecule has 1 saturated carbocycles. The first kappa shape index (κ1) is 26.2. The van der Waals surface area contributed by atoms with Gasteiger partial charge >= 0.3 is 12.5 Å². The number of benzene rings is 2. The molecule has 2 aromatic carbocycles. The minimum Gasteiger partial charge on any atom is -0.406 e. The second-order valence-electron chi connectivity index (χ2n) is 8.79. The molecule has 0 bridgehead atoms. The van der Waals surface area contributed by atoms with Gasteiger partial charge in [0.1, 0.15) is 5.75 Å². The van der Waals surface area contributed by atoms with E-state index in [0.29, 0.717) is 11.5 Å². The van der Waals surface area contributed by atoms with Crippen LogP contribution in [0.4, 0.5) is 22.0 Å². The second kappa shape index (κ2) is 11.8. The van der Waals surface area contributed by atoms with Gasteiger partial charge in [-0.3, -0.25) is 0 Å². The summed E-state index contributed by atoms with van der Waals surface area (Å²) in [6, 6.07) is 11.5. The Morgan fingerprint density at radius 1 is 0.882 bits per heavy atom. The fourth-order valence-corrected chi connectivity index (χ4v) is 4.47. The van der Waals surface area contributed by atoms with E-state index < -0.39 is 12.5 Å². The maximum absolute atomic E-state index is 14.5. The van der Waals surface area contributed by atoms with E-state index in [2.05, 4.69) is 16.9 Å². The lowest BCUT2D eigenvalue weighted by atomic mass is 9.77. The molecule has 0 aliphatic heterocycles. The van der Waals surface area contributed by atoms with Gasteiger partial charge in [-0.05, 0) is 87.0 Å². The van der Waals surface area contributed by atoms with Crippen molar-refractivity contribution in [1.82, 2.24) is 0 Å². The third-order valence-electron chi connectivity index (χ3n) is 6.37. The fraction of sp³-hybridized carbons (Fsp3) is 0.481. The minimum atomic E-state index is -4.77. The Bertz CT molecular complexity index is 896. The third-order valence-corrected chi connectivity index (χ3v) is 6.37. The molecule has 0 amide bonds. The van der Waals surface area contributed by atoms with Crippen LogP contribution in [-0.4, -0.2) is 13.0 Å². The number of halogens is 5. The highest BCUT2D eigenvalue weighted by molar-refractivity contribution is 5.28. The van der Waals surface area contributed by atoms with Crippen LogP contribution in [0.15, 0.2) is 60.7 Å². The van der Waals surface area contributed by atoms with Gasteiger partial charge in [0.25, 0.3) is 0 Å². The highest BCUT2D eigenvalue weighted by Gasteiger charge is 2.33.